The van der Waals surface area contributed by atoms with Gasteiger partial charge in [0, 0.05) is 17.1 Å². The number of esters is 1. The normalized spacial score (nSPS) is 11.8. The zero-order valence-corrected chi connectivity index (χ0v) is 16.8. The predicted octanol–water partition coefficient (Wildman–Crippen LogP) is 3.64. The van der Waals surface area contributed by atoms with Crippen molar-refractivity contribution in [3.63, 3.8) is 0 Å². The Labute approximate surface area is 173 Å². The zero-order chi connectivity index (χ0) is 19.4. The van der Waals surface area contributed by atoms with Crippen LogP contribution in [0.15, 0.2) is 54.7 Å². The number of benzene rings is 2. The molecule has 1 atom stereocenters. The lowest BCUT2D eigenvalue weighted by molar-refractivity contribution is -0.157. The van der Waals surface area contributed by atoms with E-state index in [1.807, 2.05) is 6.07 Å². The molecule has 2 aromatic carbocycles. The van der Waals surface area contributed by atoms with Crippen molar-refractivity contribution >= 4 is 57.0 Å². The van der Waals surface area contributed by atoms with Crippen LogP contribution in [0.4, 0.5) is 0 Å². The number of hydrogen-bond donors (Lipinski definition) is 1. The van der Waals surface area contributed by atoms with Crippen LogP contribution in [0.5, 0.6) is 5.75 Å². The molecule has 0 fully saturated rings. The summed E-state index contributed by atoms with van der Waals surface area (Å²) < 4.78 is 11.5. The van der Waals surface area contributed by atoms with E-state index in [4.69, 9.17) is 26.8 Å². The maximum absolute atomic E-state index is 12.2. The van der Waals surface area contributed by atoms with Crippen molar-refractivity contribution in [1.82, 2.24) is 4.98 Å². The Hall–Kier alpha value is -2.39. The van der Waals surface area contributed by atoms with Gasteiger partial charge in [-0.25, -0.2) is 4.79 Å². The second-order valence-corrected chi connectivity index (χ2v) is 7.11. The fourth-order valence-corrected chi connectivity index (χ4v) is 3.67. The van der Waals surface area contributed by atoms with Crippen LogP contribution >= 0.6 is 34.2 Å². The van der Waals surface area contributed by atoms with Gasteiger partial charge in [-0.05, 0) is 40.8 Å². The van der Waals surface area contributed by atoms with Gasteiger partial charge in [0.1, 0.15) is 5.52 Å². The molecule has 1 amide bonds. The summed E-state index contributed by atoms with van der Waals surface area (Å²) in [5.74, 6) is -1.07. The lowest BCUT2D eigenvalue weighted by atomic mass is 10.1. The number of rotatable bonds is 6. The van der Waals surface area contributed by atoms with E-state index < -0.39 is 24.6 Å². The van der Waals surface area contributed by atoms with Crippen molar-refractivity contribution in [2.24, 2.45) is 5.73 Å². The smallest absolute Gasteiger partial charge is 0.345 e. The van der Waals surface area contributed by atoms with E-state index in [0.717, 1.165) is 0 Å². The second-order valence-electron chi connectivity index (χ2n) is 5.54. The number of hydrogen-bond acceptors (Lipinski definition) is 5. The highest BCUT2D eigenvalue weighted by atomic mass is 127. The Morgan fingerprint density at radius 1 is 1.19 bits per heavy atom. The lowest BCUT2D eigenvalue weighted by Gasteiger charge is -2.16. The molecule has 0 bridgehead atoms. The highest BCUT2D eigenvalue weighted by molar-refractivity contribution is 14.1. The van der Waals surface area contributed by atoms with Crippen LogP contribution in [-0.4, -0.2) is 23.5 Å². The molecular weight excluding hydrogens is 483 g/mol. The van der Waals surface area contributed by atoms with Gasteiger partial charge in [0.05, 0.1) is 8.59 Å². The number of carbonyl (C=O) groups excluding carboxylic acids is 2. The molecule has 1 aromatic heterocycles. The van der Waals surface area contributed by atoms with Crippen molar-refractivity contribution in [2.75, 3.05) is 6.61 Å². The van der Waals surface area contributed by atoms with Crippen LogP contribution in [0.25, 0.3) is 10.9 Å². The molecule has 2 N–H and O–H groups in total. The number of fused-ring (bicyclic) bond motifs is 1. The number of nitrogens with two attached hydrogens (primary N) is 1. The first kappa shape index (κ1) is 19.4. The molecule has 8 heteroatoms. The summed E-state index contributed by atoms with van der Waals surface area (Å²) in [7, 11) is 0. The Kier molecular flexibility index (Phi) is 6.12. The van der Waals surface area contributed by atoms with Crippen molar-refractivity contribution in [3.05, 3.63) is 68.9 Å². The summed E-state index contributed by atoms with van der Waals surface area (Å²) >= 11 is 8.28. The number of aromatic nitrogens is 1. The highest BCUT2D eigenvalue weighted by Gasteiger charge is 2.23. The highest BCUT2D eigenvalue weighted by Crippen LogP contribution is 2.34. The van der Waals surface area contributed by atoms with Crippen molar-refractivity contribution < 1.29 is 19.1 Å². The topological polar surface area (TPSA) is 91.5 Å². The van der Waals surface area contributed by atoms with Gasteiger partial charge in [-0.3, -0.25) is 9.78 Å². The summed E-state index contributed by atoms with van der Waals surface area (Å²) in [5, 5.41) is 1.25. The molecule has 0 radical (unpaired) electrons. The van der Waals surface area contributed by atoms with Crippen LogP contribution in [0.1, 0.15) is 11.7 Å². The molecule has 6 nitrogen and oxygen atoms in total. The first-order valence-electron chi connectivity index (χ1n) is 7.86. The number of ether oxygens (including phenoxy) is 2. The van der Waals surface area contributed by atoms with Crippen LogP contribution in [0.2, 0.25) is 5.02 Å². The van der Waals surface area contributed by atoms with E-state index in [-0.39, 0.29) is 0 Å². The molecule has 0 aliphatic carbocycles. The van der Waals surface area contributed by atoms with E-state index >= 15 is 0 Å². The van der Waals surface area contributed by atoms with E-state index in [0.29, 0.717) is 30.8 Å². The standard InChI is InChI=1S/C19H14ClIN2O4/c20-13-9-14(21)18(16-12(13)7-4-8-23-16)26-10-15(24)27-17(19(22)25)11-5-2-1-3-6-11/h1-9,17H,10H2,(H2,22,25)/t17-/m0/s1. The molecule has 3 rings (SSSR count). The maximum Gasteiger partial charge on any atom is 0.345 e. The summed E-state index contributed by atoms with van der Waals surface area (Å²) in [6.07, 6.45) is 0.430. The minimum Gasteiger partial charge on any atom is -0.478 e. The Bertz CT molecular complexity index is 998. The minimum absolute atomic E-state index is 0.403. The third-order valence-electron chi connectivity index (χ3n) is 3.69. The quantitative estimate of drug-likeness (QED) is 0.416. The van der Waals surface area contributed by atoms with Crippen LogP contribution in [-0.2, 0) is 14.3 Å². The largest absolute Gasteiger partial charge is 0.478 e. The molecule has 0 saturated carbocycles. The van der Waals surface area contributed by atoms with Gasteiger partial charge in [-0.15, -0.1) is 0 Å². The fourth-order valence-electron chi connectivity index (χ4n) is 2.50. The summed E-state index contributed by atoms with van der Waals surface area (Å²) in [5.41, 5.74) is 6.39. The zero-order valence-electron chi connectivity index (χ0n) is 13.9. The van der Waals surface area contributed by atoms with Crippen LogP contribution in [0, 0.1) is 3.57 Å². The maximum atomic E-state index is 12.2. The molecule has 0 saturated heterocycles. The third-order valence-corrected chi connectivity index (χ3v) is 4.81. The van der Waals surface area contributed by atoms with Gasteiger partial charge in [-0.1, -0.05) is 41.9 Å². The van der Waals surface area contributed by atoms with Gasteiger partial charge in [0.15, 0.2) is 12.4 Å². The Morgan fingerprint density at radius 2 is 1.93 bits per heavy atom. The van der Waals surface area contributed by atoms with E-state index in [1.54, 1.807) is 48.7 Å². The first-order valence-corrected chi connectivity index (χ1v) is 9.32. The van der Waals surface area contributed by atoms with Gasteiger partial charge in [0.2, 0.25) is 6.10 Å². The van der Waals surface area contributed by atoms with Crippen molar-refractivity contribution in [3.8, 4) is 5.75 Å². The average molecular weight is 497 g/mol. The summed E-state index contributed by atoms with van der Waals surface area (Å²) in [6.45, 7) is -0.403. The number of nitrogens with zero attached hydrogens (tertiary/aromatic N) is 1. The van der Waals surface area contributed by atoms with Crippen molar-refractivity contribution in [2.45, 2.75) is 6.10 Å². The number of halogens is 2. The van der Waals surface area contributed by atoms with Gasteiger partial charge in [0.25, 0.3) is 5.91 Å². The van der Waals surface area contributed by atoms with E-state index in [9.17, 15) is 9.59 Å². The predicted molar refractivity (Wildman–Crippen MR) is 109 cm³/mol. The van der Waals surface area contributed by atoms with Gasteiger partial charge < -0.3 is 15.2 Å². The van der Waals surface area contributed by atoms with Crippen molar-refractivity contribution in [1.29, 1.82) is 0 Å². The molecule has 0 unspecified atom stereocenters. The fraction of sp³-hybridized carbons (Fsp3) is 0.105. The molecule has 3 aromatic rings. The summed E-state index contributed by atoms with van der Waals surface area (Å²) in [6, 6.07) is 13.8. The molecule has 27 heavy (non-hydrogen) atoms. The average Bonchev–Trinajstić information content (AvgIpc) is 2.66. The Morgan fingerprint density at radius 3 is 2.63 bits per heavy atom. The van der Waals surface area contributed by atoms with Crippen LogP contribution in [0.3, 0.4) is 0 Å². The molecule has 138 valence electrons. The summed E-state index contributed by atoms with van der Waals surface area (Å²) in [4.78, 5) is 28.1. The van der Waals surface area contributed by atoms with Crippen LogP contribution < -0.4 is 10.5 Å². The second kappa shape index (κ2) is 8.53. The lowest BCUT2D eigenvalue weighted by Crippen LogP contribution is -2.28. The molecular formula is C19H14ClIN2O4. The Balaban J connectivity index is 1.76. The monoisotopic (exact) mass is 496 g/mol. The molecule has 0 aliphatic rings. The molecule has 0 spiro atoms. The molecule has 1 heterocycles. The number of carbonyl (C=O) groups is 2. The number of amides is 1. The molecule has 0 aliphatic heterocycles. The van der Waals surface area contributed by atoms with E-state index in [1.165, 1.54) is 0 Å². The first-order chi connectivity index (χ1) is 13.0. The number of primary amides is 1. The van der Waals surface area contributed by atoms with Gasteiger partial charge >= 0.3 is 5.97 Å². The SMILES string of the molecule is NC(=O)[C@@H](OC(=O)COc1c(I)cc(Cl)c2cccnc12)c1ccccc1. The van der Waals surface area contributed by atoms with Gasteiger partial charge in [-0.2, -0.15) is 0 Å². The third kappa shape index (κ3) is 4.48. The van der Waals surface area contributed by atoms with E-state index in [2.05, 4.69) is 27.6 Å². The minimum atomic E-state index is -1.18. The number of pyridine rings is 1.